The summed E-state index contributed by atoms with van der Waals surface area (Å²) in [6.07, 6.45) is 3.49. The van der Waals surface area contributed by atoms with Crippen molar-refractivity contribution in [1.29, 1.82) is 0 Å². The fourth-order valence-electron chi connectivity index (χ4n) is 1.65. The number of hydrogen-bond donors (Lipinski definition) is 1. The second-order valence-corrected chi connectivity index (χ2v) is 5.64. The number of carbonyl (C=O) groups excluding carboxylic acids is 1. The van der Waals surface area contributed by atoms with E-state index in [2.05, 4.69) is 10.3 Å². The first-order valence-corrected chi connectivity index (χ1v) is 7.82. The molecule has 0 saturated heterocycles. The molecule has 2 rings (SSSR count). The molecule has 0 fully saturated rings. The molecule has 1 heterocycles. The third kappa shape index (κ3) is 4.95. The topological polar surface area (TPSA) is 51.2 Å². The van der Waals surface area contributed by atoms with E-state index in [4.69, 9.17) is 16.3 Å². The first-order chi connectivity index (χ1) is 10.2. The Labute approximate surface area is 132 Å². The molecule has 2 aromatic rings. The van der Waals surface area contributed by atoms with Crippen LogP contribution in [-0.4, -0.2) is 23.8 Å². The molecule has 0 radical (unpaired) electrons. The predicted molar refractivity (Wildman–Crippen MR) is 87.0 cm³/mol. The van der Waals surface area contributed by atoms with Crippen LogP contribution in [0, 0.1) is 0 Å². The third-order valence-electron chi connectivity index (χ3n) is 2.70. The second kappa shape index (κ2) is 7.90. The van der Waals surface area contributed by atoms with Gasteiger partial charge in [-0.25, -0.2) is 0 Å². The van der Waals surface area contributed by atoms with Crippen molar-refractivity contribution in [2.24, 2.45) is 0 Å². The van der Waals surface area contributed by atoms with Crippen molar-refractivity contribution >= 4 is 35.0 Å². The van der Waals surface area contributed by atoms with Crippen LogP contribution in [0.15, 0.2) is 42.7 Å². The van der Waals surface area contributed by atoms with E-state index in [1.54, 1.807) is 37.7 Å². The van der Waals surface area contributed by atoms with Gasteiger partial charge in [-0.1, -0.05) is 11.6 Å². The van der Waals surface area contributed by atoms with Crippen LogP contribution in [0.1, 0.15) is 5.56 Å². The Morgan fingerprint density at radius 3 is 2.76 bits per heavy atom. The summed E-state index contributed by atoms with van der Waals surface area (Å²) in [4.78, 5) is 15.8. The highest BCUT2D eigenvalue weighted by Gasteiger charge is 2.07. The maximum atomic E-state index is 11.9. The molecule has 6 heteroatoms. The first-order valence-electron chi connectivity index (χ1n) is 6.29. The molecule has 0 saturated carbocycles. The van der Waals surface area contributed by atoms with E-state index in [1.807, 2.05) is 12.1 Å². The molecule has 0 atom stereocenters. The zero-order chi connectivity index (χ0) is 15.1. The van der Waals surface area contributed by atoms with Crippen molar-refractivity contribution in [2.45, 2.75) is 5.75 Å². The smallest absolute Gasteiger partial charge is 0.234 e. The Morgan fingerprint density at radius 1 is 1.33 bits per heavy atom. The normalized spacial score (nSPS) is 10.2. The highest BCUT2D eigenvalue weighted by Crippen LogP contribution is 2.26. The number of hydrogen-bond acceptors (Lipinski definition) is 4. The molecule has 0 bridgehead atoms. The van der Waals surface area contributed by atoms with Crippen LogP contribution in [0.4, 0.5) is 5.69 Å². The van der Waals surface area contributed by atoms with E-state index in [1.165, 1.54) is 11.8 Å². The summed E-state index contributed by atoms with van der Waals surface area (Å²) >= 11 is 7.61. The number of nitrogens with zero attached hydrogens (tertiary/aromatic N) is 1. The number of ether oxygens (including phenoxy) is 1. The Hall–Kier alpha value is -1.72. The van der Waals surface area contributed by atoms with Gasteiger partial charge in [0.25, 0.3) is 0 Å². The monoisotopic (exact) mass is 322 g/mol. The van der Waals surface area contributed by atoms with Gasteiger partial charge in [-0.05, 0) is 29.8 Å². The molecular formula is C15H15ClN2O2S. The van der Waals surface area contributed by atoms with Gasteiger partial charge >= 0.3 is 0 Å². The van der Waals surface area contributed by atoms with Crippen molar-refractivity contribution < 1.29 is 9.53 Å². The number of nitrogens with one attached hydrogen (secondary N) is 1. The van der Waals surface area contributed by atoms with Gasteiger partial charge in [-0.15, -0.1) is 11.8 Å². The highest BCUT2D eigenvalue weighted by atomic mass is 35.5. The lowest BCUT2D eigenvalue weighted by Gasteiger charge is -2.08. The van der Waals surface area contributed by atoms with Crippen LogP contribution in [0.25, 0.3) is 0 Å². The van der Waals surface area contributed by atoms with Gasteiger partial charge in [-0.2, -0.15) is 0 Å². The Bertz CT molecular complexity index is 608. The van der Waals surface area contributed by atoms with Crippen LogP contribution >= 0.6 is 23.4 Å². The first kappa shape index (κ1) is 15.7. The molecule has 21 heavy (non-hydrogen) atoms. The minimum Gasteiger partial charge on any atom is -0.497 e. The van der Waals surface area contributed by atoms with Gasteiger partial charge in [0.1, 0.15) is 5.75 Å². The summed E-state index contributed by atoms with van der Waals surface area (Å²) in [5.74, 6) is 1.71. The molecule has 1 N–H and O–H groups in total. The number of methoxy groups -OCH3 is 1. The molecule has 0 aliphatic heterocycles. The predicted octanol–water partition coefficient (Wildman–Crippen LogP) is 3.62. The Balaban J connectivity index is 1.82. The van der Waals surface area contributed by atoms with Crippen LogP contribution in [0.3, 0.4) is 0 Å². The number of amides is 1. The van der Waals surface area contributed by atoms with Crippen molar-refractivity contribution in [3.05, 3.63) is 53.3 Å². The molecule has 1 aromatic heterocycles. The summed E-state index contributed by atoms with van der Waals surface area (Å²) in [7, 11) is 1.57. The molecule has 4 nitrogen and oxygen atoms in total. The Morgan fingerprint density at radius 2 is 2.10 bits per heavy atom. The minimum atomic E-state index is -0.0823. The van der Waals surface area contributed by atoms with Crippen molar-refractivity contribution in [2.75, 3.05) is 18.2 Å². The maximum Gasteiger partial charge on any atom is 0.234 e. The van der Waals surface area contributed by atoms with Gasteiger partial charge in [0.05, 0.1) is 23.6 Å². The SMILES string of the molecule is COc1ccc(NC(=O)CSCc2ccncc2)c(Cl)c1. The largest absolute Gasteiger partial charge is 0.497 e. The number of benzene rings is 1. The number of anilines is 1. The summed E-state index contributed by atoms with van der Waals surface area (Å²) in [5, 5.41) is 3.25. The molecular weight excluding hydrogens is 308 g/mol. The van der Waals surface area contributed by atoms with E-state index in [0.717, 1.165) is 11.3 Å². The summed E-state index contributed by atoms with van der Waals surface area (Å²) in [6.45, 7) is 0. The van der Waals surface area contributed by atoms with Crippen LogP contribution < -0.4 is 10.1 Å². The number of pyridine rings is 1. The van der Waals surface area contributed by atoms with Gasteiger partial charge < -0.3 is 10.1 Å². The number of carbonyl (C=O) groups is 1. The maximum absolute atomic E-state index is 11.9. The number of halogens is 1. The standard InChI is InChI=1S/C15H15ClN2O2S/c1-20-12-2-3-14(13(16)8-12)18-15(19)10-21-9-11-4-6-17-7-5-11/h2-8H,9-10H2,1H3,(H,18,19). The zero-order valence-corrected chi connectivity index (χ0v) is 13.1. The average Bonchev–Trinajstić information content (AvgIpc) is 2.50. The van der Waals surface area contributed by atoms with Gasteiger partial charge in [0.15, 0.2) is 0 Å². The summed E-state index contributed by atoms with van der Waals surface area (Å²) in [6, 6.07) is 9.02. The van der Waals surface area contributed by atoms with Crippen molar-refractivity contribution in [3.63, 3.8) is 0 Å². The third-order valence-corrected chi connectivity index (χ3v) is 4.02. The fraction of sp³-hybridized carbons (Fsp3) is 0.200. The van der Waals surface area contributed by atoms with Crippen molar-refractivity contribution in [1.82, 2.24) is 4.98 Å². The summed E-state index contributed by atoms with van der Waals surface area (Å²) < 4.78 is 5.06. The molecule has 0 aliphatic rings. The quantitative estimate of drug-likeness (QED) is 0.882. The Kier molecular flexibility index (Phi) is 5.90. The van der Waals surface area contributed by atoms with E-state index < -0.39 is 0 Å². The van der Waals surface area contributed by atoms with E-state index in [9.17, 15) is 4.79 Å². The number of thioether (sulfide) groups is 1. The lowest BCUT2D eigenvalue weighted by molar-refractivity contribution is -0.113. The van der Waals surface area contributed by atoms with Crippen molar-refractivity contribution in [3.8, 4) is 5.75 Å². The van der Waals surface area contributed by atoms with E-state index >= 15 is 0 Å². The average molecular weight is 323 g/mol. The lowest BCUT2D eigenvalue weighted by Crippen LogP contribution is -2.14. The van der Waals surface area contributed by atoms with E-state index in [0.29, 0.717) is 22.2 Å². The molecule has 1 amide bonds. The number of aromatic nitrogens is 1. The van der Waals surface area contributed by atoms with Crippen LogP contribution in [-0.2, 0) is 10.5 Å². The summed E-state index contributed by atoms with van der Waals surface area (Å²) in [5.41, 5.74) is 1.73. The van der Waals surface area contributed by atoms with Crippen LogP contribution in [0.5, 0.6) is 5.75 Å². The zero-order valence-electron chi connectivity index (χ0n) is 11.5. The molecule has 0 aliphatic carbocycles. The minimum absolute atomic E-state index is 0.0823. The van der Waals surface area contributed by atoms with Gasteiger partial charge in [0, 0.05) is 24.2 Å². The highest BCUT2D eigenvalue weighted by molar-refractivity contribution is 7.99. The molecule has 1 aromatic carbocycles. The number of rotatable bonds is 6. The van der Waals surface area contributed by atoms with Gasteiger partial charge in [-0.3, -0.25) is 9.78 Å². The lowest BCUT2D eigenvalue weighted by atomic mass is 10.3. The van der Waals surface area contributed by atoms with E-state index in [-0.39, 0.29) is 5.91 Å². The van der Waals surface area contributed by atoms with Gasteiger partial charge in [0.2, 0.25) is 5.91 Å². The van der Waals surface area contributed by atoms with Crippen LogP contribution in [0.2, 0.25) is 5.02 Å². The molecule has 0 unspecified atom stereocenters. The molecule has 110 valence electrons. The molecule has 0 spiro atoms. The fourth-order valence-corrected chi connectivity index (χ4v) is 2.66. The second-order valence-electron chi connectivity index (χ2n) is 4.24.